The summed E-state index contributed by atoms with van der Waals surface area (Å²) >= 11 is 0. The van der Waals surface area contributed by atoms with E-state index in [1.165, 1.54) is 11.0 Å². The molecule has 0 aromatic rings. The minimum atomic E-state index is -0.0809. The number of nitrogens with zero attached hydrogens (tertiary/aromatic N) is 2. The second-order valence-corrected chi connectivity index (χ2v) is 3.99. The van der Waals surface area contributed by atoms with E-state index in [-0.39, 0.29) is 17.9 Å². The largest absolute Gasteiger partial charge is 0.279 e. The van der Waals surface area contributed by atoms with Crippen LogP contribution < -0.4 is 0 Å². The molecule has 1 aliphatic heterocycles. The fraction of sp³-hybridized carbons (Fsp3) is 0.727. The highest BCUT2D eigenvalue weighted by Crippen LogP contribution is 2.20. The van der Waals surface area contributed by atoms with E-state index in [1.807, 2.05) is 6.92 Å². The normalized spacial score (nSPS) is 18.9. The third-order valence-corrected chi connectivity index (χ3v) is 2.67. The van der Waals surface area contributed by atoms with Crippen LogP contribution in [0.5, 0.6) is 0 Å². The SMILES string of the molecule is C[C@@H]1CC(=O)N1C(=O)CCCCCN=C=O. The number of isocyanates is 1. The molecule has 1 fully saturated rings. The Morgan fingerprint density at radius 3 is 2.81 bits per heavy atom. The molecule has 5 nitrogen and oxygen atoms in total. The summed E-state index contributed by atoms with van der Waals surface area (Å²) < 4.78 is 0. The van der Waals surface area contributed by atoms with Crippen molar-refractivity contribution in [3.05, 3.63) is 0 Å². The molecule has 0 saturated carbocycles. The van der Waals surface area contributed by atoms with Crippen molar-refractivity contribution in [2.24, 2.45) is 4.99 Å². The lowest BCUT2D eigenvalue weighted by atomic mass is 10.0. The molecule has 2 amide bonds. The Morgan fingerprint density at radius 2 is 2.25 bits per heavy atom. The van der Waals surface area contributed by atoms with Gasteiger partial charge in [-0.05, 0) is 19.8 Å². The van der Waals surface area contributed by atoms with Crippen LogP contribution in [0, 0.1) is 0 Å². The summed E-state index contributed by atoms with van der Waals surface area (Å²) in [5.74, 6) is -0.148. The van der Waals surface area contributed by atoms with Gasteiger partial charge in [0.1, 0.15) is 0 Å². The van der Waals surface area contributed by atoms with Crippen molar-refractivity contribution >= 4 is 17.9 Å². The Balaban J connectivity index is 2.11. The molecule has 5 heteroatoms. The van der Waals surface area contributed by atoms with Crippen LogP contribution in [0.4, 0.5) is 0 Å². The molecule has 1 atom stereocenters. The Morgan fingerprint density at radius 1 is 1.50 bits per heavy atom. The molecule has 0 unspecified atom stereocenters. The van der Waals surface area contributed by atoms with Crippen molar-refractivity contribution in [1.29, 1.82) is 0 Å². The predicted molar refractivity (Wildman–Crippen MR) is 57.4 cm³/mol. The molecule has 16 heavy (non-hydrogen) atoms. The summed E-state index contributed by atoms with van der Waals surface area (Å²) in [4.78, 5) is 37.2. The Kier molecular flexibility index (Phi) is 4.86. The van der Waals surface area contributed by atoms with E-state index in [2.05, 4.69) is 4.99 Å². The Bertz CT molecular complexity index is 321. The quantitative estimate of drug-likeness (QED) is 0.293. The fourth-order valence-corrected chi connectivity index (χ4v) is 1.77. The maximum Gasteiger partial charge on any atom is 0.234 e. The highest BCUT2D eigenvalue weighted by molar-refractivity contribution is 6.00. The molecule has 0 N–H and O–H groups in total. The van der Waals surface area contributed by atoms with Crippen molar-refractivity contribution in [2.45, 2.75) is 45.1 Å². The lowest BCUT2D eigenvalue weighted by Gasteiger charge is -2.36. The maximum atomic E-state index is 11.6. The van der Waals surface area contributed by atoms with Gasteiger partial charge < -0.3 is 0 Å². The number of rotatable bonds is 6. The first-order valence-corrected chi connectivity index (χ1v) is 5.55. The summed E-state index contributed by atoms with van der Waals surface area (Å²) in [6, 6.07) is 0.0691. The molecule has 0 spiro atoms. The van der Waals surface area contributed by atoms with Crippen LogP contribution in [0.1, 0.15) is 39.0 Å². The molecule has 1 aliphatic rings. The third-order valence-electron chi connectivity index (χ3n) is 2.67. The molecule has 0 bridgehead atoms. The van der Waals surface area contributed by atoms with Gasteiger partial charge in [-0.3, -0.25) is 14.5 Å². The number of likely N-dealkylation sites (tertiary alicyclic amines) is 1. The summed E-state index contributed by atoms with van der Waals surface area (Å²) in [6.07, 6.45) is 4.72. The topological polar surface area (TPSA) is 66.8 Å². The maximum absolute atomic E-state index is 11.6. The fourth-order valence-electron chi connectivity index (χ4n) is 1.77. The van der Waals surface area contributed by atoms with E-state index >= 15 is 0 Å². The minimum absolute atomic E-state index is 0.0666. The van der Waals surface area contributed by atoms with Crippen LogP contribution in [-0.2, 0) is 14.4 Å². The summed E-state index contributed by atoms with van der Waals surface area (Å²) in [5, 5.41) is 0. The van der Waals surface area contributed by atoms with Gasteiger partial charge in [-0.1, -0.05) is 6.42 Å². The lowest BCUT2D eigenvalue weighted by Crippen LogP contribution is -2.53. The zero-order valence-electron chi connectivity index (χ0n) is 9.44. The van der Waals surface area contributed by atoms with E-state index in [0.29, 0.717) is 19.4 Å². The lowest BCUT2D eigenvalue weighted by molar-refractivity contribution is -0.157. The van der Waals surface area contributed by atoms with Gasteiger partial charge in [-0.25, -0.2) is 9.79 Å². The van der Waals surface area contributed by atoms with Crippen LogP contribution in [-0.4, -0.2) is 35.4 Å². The van der Waals surface area contributed by atoms with Gasteiger partial charge in [0.05, 0.1) is 6.54 Å². The molecule has 0 aliphatic carbocycles. The number of imide groups is 1. The number of β-lactam (4-membered cyclic amide) rings is 1. The molecule has 0 aromatic carbocycles. The molecule has 1 heterocycles. The van der Waals surface area contributed by atoms with Crippen LogP contribution in [0.25, 0.3) is 0 Å². The highest BCUT2D eigenvalue weighted by Gasteiger charge is 2.36. The van der Waals surface area contributed by atoms with E-state index in [4.69, 9.17) is 0 Å². The average molecular weight is 224 g/mol. The number of carbonyl (C=O) groups is 2. The van der Waals surface area contributed by atoms with Gasteiger partial charge in [0.25, 0.3) is 0 Å². The molecule has 0 radical (unpaired) electrons. The van der Waals surface area contributed by atoms with Crippen LogP contribution >= 0.6 is 0 Å². The van der Waals surface area contributed by atoms with Gasteiger partial charge in [0.15, 0.2) is 0 Å². The Hall–Kier alpha value is -1.48. The summed E-state index contributed by atoms with van der Waals surface area (Å²) in [7, 11) is 0. The van der Waals surface area contributed by atoms with E-state index in [1.54, 1.807) is 0 Å². The van der Waals surface area contributed by atoms with E-state index in [9.17, 15) is 14.4 Å². The number of hydrogen-bond acceptors (Lipinski definition) is 4. The van der Waals surface area contributed by atoms with Crippen molar-refractivity contribution in [3.8, 4) is 0 Å². The first kappa shape index (κ1) is 12.6. The van der Waals surface area contributed by atoms with Crippen molar-refractivity contribution in [2.75, 3.05) is 6.54 Å². The van der Waals surface area contributed by atoms with Crippen LogP contribution in [0.2, 0.25) is 0 Å². The first-order valence-electron chi connectivity index (χ1n) is 5.55. The number of amides is 2. The molecule has 1 saturated heterocycles. The van der Waals surface area contributed by atoms with Gasteiger partial charge in [-0.15, -0.1) is 0 Å². The third kappa shape index (κ3) is 3.28. The standard InChI is InChI=1S/C11H16N2O3/c1-9-7-11(16)13(9)10(15)5-3-2-4-6-12-8-14/h9H,2-7H2,1H3/t9-/m1/s1. The van der Waals surface area contributed by atoms with E-state index in [0.717, 1.165) is 19.3 Å². The summed E-state index contributed by atoms with van der Waals surface area (Å²) in [5.41, 5.74) is 0. The van der Waals surface area contributed by atoms with Gasteiger partial charge in [0, 0.05) is 18.9 Å². The highest BCUT2D eigenvalue weighted by atomic mass is 16.2. The monoisotopic (exact) mass is 224 g/mol. The number of hydrogen-bond donors (Lipinski definition) is 0. The van der Waals surface area contributed by atoms with Gasteiger partial charge in [0.2, 0.25) is 17.9 Å². The molecular formula is C11H16N2O3. The second-order valence-electron chi connectivity index (χ2n) is 3.99. The Labute approximate surface area is 94.5 Å². The minimum Gasteiger partial charge on any atom is -0.279 e. The second kappa shape index (κ2) is 6.18. The van der Waals surface area contributed by atoms with Crippen molar-refractivity contribution in [3.63, 3.8) is 0 Å². The molecular weight excluding hydrogens is 208 g/mol. The zero-order valence-corrected chi connectivity index (χ0v) is 9.44. The van der Waals surface area contributed by atoms with Crippen molar-refractivity contribution in [1.82, 2.24) is 4.90 Å². The predicted octanol–water partition coefficient (Wildman–Crippen LogP) is 1.03. The number of unbranched alkanes of at least 4 members (excludes halogenated alkanes) is 2. The van der Waals surface area contributed by atoms with Gasteiger partial charge >= 0.3 is 0 Å². The summed E-state index contributed by atoms with van der Waals surface area (Å²) in [6.45, 7) is 2.34. The number of aliphatic imine (C=N–C) groups is 1. The zero-order chi connectivity index (χ0) is 12.0. The number of carbonyl (C=O) groups excluding carboxylic acids is 3. The van der Waals surface area contributed by atoms with E-state index < -0.39 is 0 Å². The average Bonchev–Trinajstić information content (AvgIpc) is 2.22. The van der Waals surface area contributed by atoms with Crippen LogP contribution in [0.3, 0.4) is 0 Å². The van der Waals surface area contributed by atoms with Crippen molar-refractivity contribution < 1.29 is 14.4 Å². The smallest absolute Gasteiger partial charge is 0.234 e. The molecule has 0 aromatic heterocycles. The molecule has 88 valence electrons. The molecule has 1 rings (SSSR count). The van der Waals surface area contributed by atoms with Crippen LogP contribution in [0.15, 0.2) is 4.99 Å². The first-order chi connectivity index (χ1) is 7.66. The van der Waals surface area contributed by atoms with Gasteiger partial charge in [-0.2, -0.15) is 0 Å².